The van der Waals surface area contributed by atoms with Gasteiger partial charge < -0.3 is 15.1 Å². The lowest BCUT2D eigenvalue weighted by molar-refractivity contribution is -0.140. The molecule has 1 aliphatic rings. The number of aliphatic carboxylic acids is 1. The third kappa shape index (κ3) is 3.81. The highest BCUT2D eigenvalue weighted by Crippen LogP contribution is 2.17. The fraction of sp³-hybridized carbons (Fsp3) is 0.818. The molecule has 16 heavy (non-hydrogen) atoms. The average Bonchev–Trinajstić information content (AvgIpc) is 2.23. The van der Waals surface area contributed by atoms with Crippen LogP contribution in [0.5, 0.6) is 0 Å². The summed E-state index contributed by atoms with van der Waals surface area (Å²) < 4.78 is 0. The Hall–Kier alpha value is -1.10. The minimum Gasteiger partial charge on any atom is -0.481 e. The van der Waals surface area contributed by atoms with Gasteiger partial charge in [0.2, 0.25) is 5.91 Å². The lowest BCUT2D eigenvalue weighted by Crippen LogP contribution is -2.40. The van der Waals surface area contributed by atoms with Crippen molar-refractivity contribution in [3.8, 4) is 0 Å². The van der Waals surface area contributed by atoms with Crippen LogP contribution in [-0.2, 0) is 9.59 Å². The summed E-state index contributed by atoms with van der Waals surface area (Å²) in [6.45, 7) is 0.732. The van der Waals surface area contributed by atoms with E-state index in [1.54, 1.807) is 4.90 Å². The SMILES string of the molecule is O=C(O)CCN1CCCCCC(CO)C1=O. The second-order valence-corrected chi connectivity index (χ2v) is 4.20. The zero-order valence-electron chi connectivity index (χ0n) is 9.39. The molecule has 5 nitrogen and oxygen atoms in total. The van der Waals surface area contributed by atoms with Gasteiger partial charge in [0.25, 0.3) is 0 Å². The second-order valence-electron chi connectivity index (χ2n) is 4.20. The van der Waals surface area contributed by atoms with Crippen LogP contribution in [0.4, 0.5) is 0 Å². The monoisotopic (exact) mass is 229 g/mol. The highest BCUT2D eigenvalue weighted by Gasteiger charge is 2.25. The Bertz CT molecular complexity index is 254. The molecule has 1 unspecified atom stereocenters. The predicted molar refractivity (Wildman–Crippen MR) is 57.9 cm³/mol. The molecule has 1 saturated heterocycles. The molecule has 1 fully saturated rings. The molecular weight excluding hydrogens is 210 g/mol. The van der Waals surface area contributed by atoms with E-state index >= 15 is 0 Å². The van der Waals surface area contributed by atoms with Crippen molar-refractivity contribution in [2.45, 2.75) is 32.1 Å². The third-order valence-corrected chi connectivity index (χ3v) is 2.96. The maximum atomic E-state index is 11.9. The Morgan fingerprint density at radius 3 is 2.75 bits per heavy atom. The number of nitrogens with zero attached hydrogens (tertiary/aromatic N) is 1. The molecule has 1 rings (SSSR count). The minimum atomic E-state index is -0.893. The number of aliphatic hydroxyl groups excluding tert-OH is 1. The highest BCUT2D eigenvalue weighted by molar-refractivity contribution is 5.79. The highest BCUT2D eigenvalue weighted by atomic mass is 16.4. The topological polar surface area (TPSA) is 77.8 Å². The van der Waals surface area contributed by atoms with E-state index in [1.807, 2.05) is 0 Å². The molecule has 0 aliphatic carbocycles. The number of amides is 1. The van der Waals surface area contributed by atoms with Gasteiger partial charge in [-0.2, -0.15) is 0 Å². The number of hydrogen-bond donors (Lipinski definition) is 2. The Morgan fingerprint density at radius 2 is 2.12 bits per heavy atom. The van der Waals surface area contributed by atoms with Crippen molar-refractivity contribution in [1.82, 2.24) is 4.90 Å². The van der Waals surface area contributed by atoms with E-state index in [-0.39, 0.29) is 31.4 Å². The van der Waals surface area contributed by atoms with Crippen LogP contribution < -0.4 is 0 Å². The molecule has 0 bridgehead atoms. The van der Waals surface area contributed by atoms with Crippen LogP contribution in [0.3, 0.4) is 0 Å². The average molecular weight is 229 g/mol. The molecule has 0 radical (unpaired) electrons. The second kappa shape index (κ2) is 6.48. The number of rotatable bonds is 4. The van der Waals surface area contributed by atoms with Crippen LogP contribution in [-0.4, -0.2) is 46.7 Å². The normalized spacial score (nSPS) is 22.7. The quantitative estimate of drug-likeness (QED) is 0.734. The number of carbonyl (C=O) groups excluding carboxylic acids is 1. The number of aliphatic hydroxyl groups is 1. The van der Waals surface area contributed by atoms with Gasteiger partial charge in [0.1, 0.15) is 0 Å². The van der Waals surface area contributed by atoms with Crippen LogP contribution in [0.1, 0.15) is 32.1 Å². The molecule has 0 aromatic heterocycles. The van der Waals surface area contributed by atoms with Crippen LogP contribution >= 0.6 is 0 Å². The number of carbonyl (C=O) groups is 2. The summed E-state index contributed by atoms with van der Waals surface area (Å²) in [6.07, 6.45) is 3.60. The van der Waals surface area contributed by atoms with Gasteiger partial charge in [-0.15, -0.1) is 0 Å². The molecule has 1 aliphatic heterocycles. The third-order valence-electron chi connectivity index (χ3n) is 2.96. The summed E-state index contributed by atoms with van der Waals surface area (Å²) in [5, 5.41) is 17.7. The van der Waals surface area contributed by atoms with Gasteiger partial charge in [0.15, 0.2) is 0 Å². The van der Waals surface area contributed by atoms with Crippen LogP contribution in [0.15, 0.2) is 0 Å². The molecule has 0 aromatic rings. The van der Waals surface area contributed by atoms with E-state index in [9.17, 15) is 9.59 Å². The summed E-state index contributed by atoms with van der Waals surface area (Å²) in [5.74, 6) is -1.33. The Labute approximate surface area is 95.1 Å². The fourth-order valence-electron chi connectivity index (χ4n) is 1.98. The first-order chi connectivity index (χ1) is 7.65. The number of likely N-dealkylation sites (tertiary alicyclic amines) is 1. The molecule has 0 saturated carbocycles. The lowest BCUT2D eigenvalue weighted by atomic mass is 9.97. The van der Waals surface area contributed by atoms with Crippen molar-refractivity contribution in [2.24, 2.45) is 5.92 Å². The van der Waals surface area contributed by atoms with Gasteiger partial charge in [-0.05, 0) is 12.8 Å². The van der Waals surface area contributed by atoms with Gasteiger partial charge >= 0.3 is 5.97 Å². The van der Waals surface area contributed by atoms with Gasteiger partial charge in [0, 0.05) is 13.1 Å². The van der Waals surface area contributed by atoms with E-state index in [1.165, 1.54) is 0 Å². The Morgan fingerprint density at radius 1 is 1.38 bits per heavy atom. The van der Waals surface area contributed by atoms with Gasteiger partial charge in [0.05, 0.1) is 18.9 Å². The largest absolute Gasteiger partial charge is 0.481 e. The van der Waals surface area contributed by atoms with E-state index in [4.69, 9.17) is 10.2 Å². The van der Waals surface area contributed by atoms with Gasteiger partial charge in [-0.25, -0.2) is 0 Å². The van der Waals surface area contributed by atoms with E-state index in [0.717, 1.165) is 19.3 Å². The Kier molecular flexibility index (Phi) is 5.25. The van der Waals surface area contributed by atoms with E-state index < -0.39 is 5.97 Å². The Balaban J connectivity index is 2.55. The van der Waals surface area contributed by atoms with Gasteiger partial charge in [-0.3, -0.25) is 9.59 Å². The lowest BCUT2D eigenvalue weighted by Gasteiger charge is -2.28. The smallest absolute Gasteiger partial charge is 0.305 e. The summed E-state index contributed by atoms with van der Waals surface area (Å²) in [4.78, 5) is 24.0. The maximum absolute atomic E-state index is 11.9. The molecular formula is C11H19NO4. The molecule has 0 spiro atoms. The van der Waals surface area contributed by atoms with Crippen LogP contribution in [0.25, 0.3) is 0 Å². The first-order valence-corrected chi connectivity index (χ1v) is 5.76. The van der Waals surface area contributed by atoms with Crippen LogP contribution in [0.2, 0.25) is 0 Å². The zero-order chi connectivity index (χ0) is 12.0. The van der Waals surface area contributed by atoms with Crippen LogP contribution in [0, 0.1) is 5.92 Å². The van der Waals surface area contributed by atoms with Gasteiger partial charge in [-0.1, -0.05) is 12.8 Å². The predicted octanol–water partition coefficient (Wildman–Crippen LogP) is 0.472. The summed E-state index contributed by atoms with van der Waals surface area (Å²) in [5.41, 5.74) is 0. The van der Waals surface area contributed by atoms with Crippen molar-refractivity contribution in [3.63, 3.8) is 0 Å². The van der Waals surface area contributed by atoms with Crippen molar-refractivity contribution in [2.75, 3.05) is 19.7 Å². The molecule has 1 amide bonds. The maximum Gasteiger partial charge on any atom is 0.305 e. The van der Waals surface area contributed by atoms with Crippen molar-refractivity contribution in [3.05, 3.63) is 0 Å². The summed E-state index contributed by atoms with van der Waals surface area (Å²) >= 11 is 0. The van der Waals surface area contributed by atoms with Crippen molar-refractivity contribution in [1.29, 1.82) is 0 Å². The zero-order valence-corrected chi connectivity index (χ0v) is 9.39. The summed E-state index contributed by atoms with van der Waals surface area (Å²) in [7, 11) is 0. The molecule has 1 heterocycles. The number of hydrogen-bond acceptors (Lipinski definition) is 3. The minimum absolute atomic E-state index is 0.0239. The molecule has 5 heteroatoms. The molecule has 1 atom stereocenters. The first-order valence-electron chi connectivity index (χ1n) is 5.76. The molecule has 0 aromatic carbocycles. The van der Waals surface area contributed by atoms with E-state index in [2.05, 4.69) is 0 Å². The number of carboxylic acids is 1. The first kappa shape index (κ1) is 13.0. The number of carboxylic acid groups (broad SMARTS) is 1. The fourth-order valence-corrected chi connectivity index (χ4v) is 1.98. The molecule has 92 valence electrons. The standard InChI is InChI=1S/C11H19NO4/c13-8-9-4-2-1-3-6-12(11(9)16)7-5-10(14)15/h9,13H,1-8H2,(H,14,15). The van der Waals surface area contributed by atoms with Crippen molar-refractivity contribution < 1.29 is 19.8 Å². The van der Waals surface area contributed by atoms with E-state index in [0.29, 0.717) is 13.0 Å². The van der Waals surface area contributed by atoms with Crippen molar-refractivity contribution >= 4 is 11.9 Å². The molecule has 2 N–H and O–H groups in total. The summed E-state index contributed by atoms with van der Waals surface area (Å²) in [6, 6.07) is 0.